The van der Waals surface area contributed by atoms with Crippen LogP contribution < -0.4 is 10.2 Å². The van der Waals surface area contributed by atoms with E-state index in [-0.39, 0.29) is 11.8 Å². The van der Waals surface area contributed by atoms with Gasteiger partial charge in [-0.05, 0) is 36.8 Å². The van der Waals surface area contributed by atoms with Crippen LogP contribution in [0.3, 0.4) is 0 Å². The van der Waals surface area contributed by atoms with Gasteiger partial charge in [0.05, 0.1) is 12.2 Å². The van der Waals surface area contributed by atoms with E-state index in [9.17, 15) is 9.59 Å². The molecule has 2 heterocycles. The Morgan fingerprint density at radius 1 is 1.30 bits per heavy atom. The second-order valence-corrected chi connectivity index (χ2v) is 6.27. The molecular weight excluding hydrogens is 358 g/mol. The van der Waals surface area contributed by atoms with E-state index in [4.69, 9.17) is 0 Å². The molecule has 1 fully saturated rings. The van der Waals surface area contributed by atoms with Crippen LogP contribution in [0, 0.1) is 5.92 Å². The molecule has 0 unspecified atom stereocenters. The van der Waals surface area contributed by atoms with Gasteiger partial charge in [-0.3, -0.25) is 14.6 Å². The van der Waals surface area contributed by atoms with Crippen LogP contribution in [-0.2, 0) is 16.1 Å². The Bertz CT molecular complexity index is 721. The first-order valence-corrected chi connectivity index (χ1v) is 8.19. The Labute approximate surface area is 142 Å². The van der Waals surface area contributed by atoms with E-state index in [1.54, 1.807) is 11.1 Å². The van der Waals surface area contributed by atoms with Gasteiger partial charge in [0.15, 0.2) is 0 Å². The summed E-state index contributed by atoms with van der Waals surface area (Å²) in [4.78, 5) is 30.6. The summed E-state index contributed by atoms with van der Waals surface area (Å²) in [6, 6.07) is 13.1. The summed E-state index contributed by atoms with van der Waals surface area (Å²) in [6.07, 6.45) is 2.20. The van der Waals surface area contributed by atoms with Crippen molar-refractivity contribution < 1.29 is 9.59 Å². The number of aromatic nitrogens is 1. The molecule has 0 bridgehead atoms. The zero-order valence-electron chi connectivity index (χ0n) is 12.4. The number of amides is 2. The summed E-state index contributed by atoms with van der Waals surface area (Å²) < 4.78 is 0.908. The lowest BCUT2D eigenvalue weighted by Crippen LogP contribution is -2.36. The van der Waals surface area contributed by atoms with Gasteiger partial charge in [0.2, 0.25) is 11.8 Å². The highest BCUT2D eigenvalue weighted by Crippen LogP contribution is 2.27. The van der Waals surface area contributed by atoms with Crippen molar-refractivity contribution in [3.05, 3.63) is 58.8 Å². The Kier molecular flexibility index (Phi) is 4.71. The van der Waals surface area contributed by atoms with Crippen LogP contribution in [0.25, 0.3) is 0 Å². The van der Waals surface area contributed by atoms with E-state index >= 15 is 0 Å². The van der Waals surface area contributed by atoms with Crippen molar-refractivity contribution in [3.63, 3.8) is 0 Å². The summed E-state index contributed by atoms with van der Waals surface area (Å²) >= 11 is 3.40. The largest absolute Gasteiger partial charge is 0.350 e. The Morgan fingerprint density at radius 3 is 2.91 bits per heavy atom. The molecule has 0 aliphatic carbocycles. The molecule has 0 radical (unpaired) electrons. The topological polar surface area (TPSA) is 62.3 Å². The summed E-state index contributed by atoms with van der Waals surface area (Å²) in [5.41, 5.74) is 1.58. The van der Waals surface area contributed by atoms with Gasteiger partial charge in [-0.1, -0.05) is 28.1 Å². The molecule has 23 heavy (non-hydrogen) atoms. The second kappa shape index (κ2) is 6.91. The molecule has 1 atom stereocenters. The van der Waals surface area contributed by atoms with Gasteiger partial charge in [-0.15, -0.1) is 0 Å². The normalized spacial score (nSPS) is 17.3. The Balaban J connectivity index is 1.63. The molecule has 2 amide bonds. The van der Waals surface area contributed by atoms with Crippen molar-refractivity contribution in [2.75, 3.05) is 11.4 Å². The molecule has 118 valence electrons. The smallest absolute Gasteiger partial charge is 0.239 e. The van der Waals surface area contributed by atoms with E-state index in [1.165, 1.54) is 0 Å². The molecule has 2 aromatic rings. The summed E-state index contributed by atoms with van der Waals surface area (Å²) in [5.74, 6) is -1.02. The standard InChI is InChI=1S/C17H16BrN3O2/c18-12-4-3-6-14(10-12)21-9-7-15(17(21)23)16(22)20-11-13-5-1-2-8-19-13/h1-6,8,10,15H,7,9,11H2,(H,20,22)/t15-/m0/s1. The van der Waals surface area contributed by atoms with E-state index in [2.05, 4.69) is 26.2 Å². The monoisotopic (exact) mass is 373 g/mol. The third kappa shape index (κ3) is 3.59. The first kappa shape index (κ1) is 15.7. The molecule has 1 aromatic heterocycles. The van der Waals surface area contributed by atoms with Gasteiger partial charge in [0.1, 0.15) is 5.92 Å². The summed E-state index contributed by atoms with van der Waals surface area (Å²) in [5, 5.41) is 2.80. The molecule has 1 aliphatic rings. The third-order valence-corrected chi connectivity index (χ3v) is 4.31. The molecule has 5 nitrogen and oxygen atoms in total. The minimum atomic E-state index is -0.627. The number of anilines is 1. The Hall–Kier alpha value is -2.21. The van der Waals surface area contributed by atoms with E-state index in [0.717, 1.165) is 15.9 Å². The molecule has 1 aliphatic heterocycles. The molecule has 6 heteroatoms. The minimum Gasteiger partial charge on any atom is -0.350 e. The van der Waals surface area contributed by atoms with Crippen LogP contribution in [0.4, 0.5) is 5.69 Å². The highest BCUT2D eigenvalue weighted by molar-refractivity contribution is 9.10. The zero-order valence-corrected chi connectivity index (χ0v) is 14.0. The molecule has 1 N–H and O–H groups in total. The average Bonchev–Trinajstić information content (AvgIpc) is 2.95. The van der Waals surface area contributed by atoms with Crippen LogP contribution in [0.2, 0.25) is 0 Å². The van der Waals surface area contributed by atoms with Gasteiger partial charge in [-0.25, -0.2) is 0 Å². The third-order valence-electron chi connectivity index (χ3n) is 3.81. The van der Waals surface area contributed by atoms with Crippen LogP contribution in [-0.4, -0.2) is 23.3 Å². The first-order chi connectivity index (χ1) is 11.1. The van der Waals surface area contributed by atoms with Crippen LogP contribution in [0.15, 0.2) is 53.1 Å². The van der Waals surface area contributed by atoms with Crippen molar-refractivity contribution >= 4 is 33.4 Å². The number of carbonyl (C=O) groups excluding carboxylic acids is 2. The first-order valence-electron chi connectivity index (χ1n) is 7.40. The van der Waals surface area contributed by atoms with Crippen molar-refractivity contribution in [1.82, 2.24) is 10.3 Å². The van der Waals surface area contributed by atoms with Gasteiger partial charge in [0.25, 0.3) is 0 Å². The maximum absolute atomic E-state index is 12.5. The fourth-order valence-corrected chi connectivity index (χ4v) is 3.01. The van der Waals surface area contributed by atoms with Crippen molar-refractivity contribution in [1.29, 1.82) is 0 Å². The number of hydrogen-bond acceptors (Lipinski definition) is 3. The fraction of sp³-hybridized carbons (Fsp3) is 0.235. The van der Waals surface area contributed by atoms with E-state index in [1.807, 2.05) is 42.5 Å². The number of carbonyl (C=O) groups is 2. The molecular formula is C17H16BrN3O2. The van der Waals surface area contributed by atoms with Crippen molar-refractivity contribution in [3.8, 4) is 0 Å². The minimum absolute atomic E-state index is 0.151. The zero-order chi connectivity index (χ0) is 16.2. The summed E-state index contributed by atoms with van der Waals surface area (Å²) in [7, 11) is 0. The van der Waals surface area contributed by atoms with Crippen molar-refractivity contribution in [2.24, 2.45) is 5.92 Å². The molecule has 0 saturated carbocycles. The lowest BCUT2D eigenvalue weighted by atomic mass is 10.1. The number of nitrogens with one attached hydrogen (secondary N) is 1. The highest BCUT2D eigenvalue weighted by Gasteiger charge is 2.37. The number of halogens is 1. The predicted molar refractivity (Wildman–Crippen MR) is 90.7 cm³/mol. The van der Waals surface area contributed by atoms with Gasteiger partial charge < -0.3 is 10.2 Å². The quantitative estimate of drug-likeness (QED) is 0.837. The number of benzene rings is 1. The number of hydrogen-bond donors (Lipinski definition) is 1. The molecule has 3 rings (SSSR count). The number of nitrogens with zero attached hydrogens (tertiary/aromatic N) is 2. The maximum Gasteiger partial charge on any atom is 0.239 e. The van der Waals surface area contributed by atoms with Crippen LogP contribution in [0.5, 0.6) is 0 Å². The van der Waals surface area contributed by atoms with E-state index in [0.29, 0.717) is 19.5 Å². The number of rotatable bonds is 4. The molecule has 0 spiro atoms. The number of pyridine rings is 1. The van der Waals surface area contributed by atoms with Gasteiger partial charge in [-0.2, -0.15) is 0 Å². The Morgan fingerprint density at radius 2 is 2.17 bits per heavy atom. The average molecular weight is 374 g/mol. The van der Waals surface area contributed by atoms with Gasteiger partial charge in [0, 0.05) is 22.9 Å². The second-order valence-electron chi connectivity index (χ2n) is 5.35. The van der Waals surface area contributed by atoms with Gasteiger partial charge >= 0.3 is 0 Å². The fourth-order valence-electron chi connectivity index (χ4n) is 2.63. The predicted octanol–water partition coefficient (Wildman–Crippen LogP) is 2.51. The maximum atomic E-state index is 12.5. The molecule has 1 saturated heterocycles. The molecule has 1 aromatic carbocycles. The van der Waals surface area contributed by atoms with E-state index < -0.39 is 5.92 Å². The van der Waals surface area contributed by atoms with Crippen LogP contribution in [0.1, 0.15) is 12.1 Å². The van der Waals surface area contributed by atoms with Crippen LogP contribution >= 0.6 is 15.9 Å². The summed E-state index contributed by atoms with van der Waals surface area (Å²) in [6.45, 7) is 0.886. The SMILES string of the molecule is O=C(NCc1ccccn1)[C@@H]1CCN(c2cccc(Br)c2)C1=O. The lowest BCUT2D eigenvalue weighted by molar-refractivity contribution is -0.132. The van der Waals surface area contributed by atoms with Crippen molar-refractivity contribution in [2.45, 2.75) is 13.0 Å². The lowest BCUT2D eigenvalue weighted by Gasteiger charge is -2.17. The highest BCUT2D eigenvalue weighted by atomic mass is 79.9.